The highest BCUT2D eigenvalue weighted by Gasteiger charge is 2.34. The number of methoxy groups -OCH3 is 1. The first-order chi connectivity index (χ1) is 9.40. The number of fused-ring (bicyclic) bond motifs is 1. The second-order valence-corrected chi connectivity index (χ2v) is 5.23. The third kappa shape index (κ3) is 2.62. The maximum Gasteiger partial charge on any atom is 0.418 e. The maximum absolute atomic E-state index is 13.1. The fourth-order valence-corrected chi connectivity index (χ4v) is 2.83. The van der Waals surface area contributed by atoms with Gasteiger partial charge in [0.25, 0.3) is 0 Å². The number of aryl methyl sites for hydroxylation is 1. The number of ether oxygens (including phenoxy) is 1. The topological polar surface area (TPSA) is 22.1 Å². The molecule has 2 aromatic rings. The van der Waals surface area contributed by atoms with Crippen molar-refractivity contribution in [3.05, 3.63) is 35.0 Å². The Morgan fingerprint density at radius 1 is 1.30 bits per heavy atom. The summed E-state index contributed by atoms with van der Waals surface area (Å²) in [5, 5.41) is 0.557. The Labute approximate surface area is 119 Å². The van der Waals surface area contributed by atoms with Crippen LogP contribution in [0.4, 0.5) is 13.2 Å². The number of alkyl halides is 3. The molecule has 1 heterocycles. The quantitative estimate of drug-likeness (QED) is 0.783. The fourth-order valence-electron chi connectivity index (χ4n) is 2.17. The Bertz CT molecular complexity index is 640. The monoisotopic (exact) mass is 301 g/mol. The first-order valence-electron chi connectivity index (χ1n) is 5.91. The first kappa shape index (κ1) is 15.1. The number of nitrogens with zero attached hydrogens (tertiary/aromatic N) is 1. The summed E-state index contributed by atoms with van der Waals surface area (Å²) in [5.41, 5.74) is 0.890. The molecule has 1 aromatic heterocycles. The van der Waals surface area contributed by atoms with E-state index in [1.54, 1.807) is 14.0 Å². The van der Waals surface area contributed by atoms with Crippen molar-refractivity contribution in [3.63, 3.8) is 0 Å². The summed E-state index contributed by atoms with van der Waals surface area (Å²) in [7, 11) is 1.55. The highest BCUT2D eigenvalue weighted by atomic mass is 32.2. The van der Waals surface area contributed by atoms with E-state index in [-0.39, 0.29) is 5.52 Å². The van der Waals surface area contributed by atoms with Crippen LogP contribution in [0, 0.1) is 6.92 Å². The molecular formula is C14H14F3NOS. The molecule has 0 amide bonds. The van der Waals surface area contributed by atoms with Crippen LogP contribution in [0.1, 0.15) is 16.7 Å². The van der Waals surface area contributed by atoms with Crippen LogP contribution < -0.4 is 0 Å². The van der Waals surface area contributed by atoms with Crippen LogP contribution in [0.3, 0.4) is 0 Å². The molecule has 0 spiro atoms. The lowest BCUT2D eigenvalue weighted by Crippen LogP contribution is -2.08. The molecule has 0 saturated carbocycles. The van der Waals surface area contributed by atoms with Gasteiger partial charge in [-0.3, -0.25) is 4.98 Å². The molecule has 2 nitrogen and oxygen atoms in total. The zero-order valence-electron chi connectivity index (χ0n) is 11.3. The SMILES string of the molecule is COCc1cnc2c(C(F)(F)F)ccc(SC)c2c1C. The molecule has 20 heavy (non-hydrogen) atoms. The number of hydrogen-bond donors (Lipinski definition) is 0. The largest absolute Gasteiger partial charge is 0.418 e. The molecule has 108 valence electrons. The van der Waals surface area contributed by atoms with Crippen molar-refractivity contribution in [1.82, 2.24) is 4.98 Å². The molecule has 0 unspecified atom stereocenters. The third-order valence-electron chi connectivity index (χ3n) is 3.17. The number of hydrogen-bond acceptors (Lipinski definition) is 3. The number of rotatable bonds is 3. The van der Waals surface area contributed by atoms with E-state index >= 15 is 0 Å². The minimum Gasteiger partial charge on any atom is -0.380 e. The van der Waals surface area contributed by atoms with Crippen LogP contribution in [0.15, 0.2) is 23.2 Å². The summed E-state index contributed by atoms with van der Waals surface area (Å²) >= 11 is 1.41. The van der Waals surface area contributed by atoms with Crippen LogP contribution in [0.5, 0.6) is 0 Å². The predicted molar refractivity (Wildman–Crippen MR) is 74.0 cm³/mol. The van der Waals surface area contributed by atoms with E-state index in [4.69, 9.17) is 4.74 Å². The van der Waals surface area contributed by atoms with Crippen molar-refractivity contribution in [2.24, 2.45) is 0 Å². The summed E-state index contributed by atoms with van der Waals surface area (Å²) in [6.07, 6.45) is -1.11. The molecule has 0 radical (unpaired) electrons. The van der Waals surface area contributed by atoms with Crippen molar-refractivity contribution in [3.8, 4) is 0 Å². The van der Waals surface area contributed by atoms with E-state index in [1.165, 1.54) is 24.0 Å². The second kappa shape index (κ2) is 5.61. The lowest BCUT2D eigenvalue weighted by Gasteiger charge is -2.15. The molecule has 0 aliphatic heterocycles. The van der Waals surface area contributed by atoms with E-state index < -0.39 is 11.7 Å². The van der Waals surface area contributed by atoms with E-state index in [9.17, 15) is 13.2 Å². The first-order valence-corrected chi connectivity index (χ1v) is 7.14. The number of aromatic nitrogens is 1. The van der Waals surface area contributed by atoms with Crippen LogP contribution in [0.25, 0.3) is 10.9 Å². The number of benzene rings is 1. The zero-order valence-corrected chi connectivity index (χ0v) is 12.2. The summed E-state index contributed by atoms with van der Waals surface area (Å²) < 4.78 is 44.2. The maximum atomic E-state index is 13.1. The van der Waals surface area contributed by atoms with Crippen LogP contribution >= 0.6 is 11.8 Å². The summed E-state index contributed by atoms with van der Waals surface area (Å²) in [6.45, 7) is 2.14. The number of thioether (sulfide) groups is 1. The predicted octanol–water partition coefficient (Wildman–Crippen LogP) is 4.43. The van der Waals surface area contributed by atoms with E-state index in [2.05, 4.69) is 4.98 Å². The van der Waals surface area contributed by atoms with Gasteiger partial charge in [-0.2, -0.15) is 13.2 Å². The van der Waals surface area contributed by atoms with Gasteiger partial charge in [0.15, 0.2) is 0 Å². The van der Waals surface area contributed by atoms with Gasteiger partial charge in [-0.1, -0.05) is 0 Å². The van der Waals surface area contributed by atoms with Crippen LogP contribution in [-0.4, -0.2) is 18.3 Å². The Hall–Kier alpha value is -1.27. The van der Waals surface area contributed by atoms with Gasteiger partial charge >= 0.3 is 6.18 Å². The summed E-state index contributed by atoms with van der Waals surface area (Å²) in [4.78, 5) is 4.81. The molecule has 0 fully saturated rings. The fraction of sp³-hybridized carbons (Fsp3) is 0.357. The van der Waals surface area contributed by atoms with Gasteiger partial charge in [0.05, 0.1) is 17.7 Å². The van der Waals surface area contributed by atoms with Crippen molar-refractivity contribution in [2.75, 3.05) is 13.4 Å². The third-order valence-corrected chi connectivity index (χ3v) is 3.95. The molecule has 2 rings (SSSR count). The molecule has 6 heteroatoms. The number of pyridine rings is 1. The summed E-state index contributed by atoms with van der Waals surface area (Å²) in [5.74, 6) is 0. The van der Waals surface area contributed by atoms with Crippen molar-refractivity contribution >= 4 is 22.7 Å². The van der Waals surface area contributed by atoms with Gasteiger partial charge in [-0.25, -0.2) is 0 Å². The van der Waals surface area contributed by atoms with Crippen LogP contribution in [-0.2, 0) is 17.5 Å². The Balaban J connectivity index is 2.82. The molecule has 0 N–H and O–H groups in total. The van der Waals surface area contributed by atoms with E-state index in [0.29, 0.717) is 12.0 Å². The molecular weight excluding hydrogens is 287 g/mol. The van der Waals surface area contributed by atoms with Gasteiger partial charge in [0, 0.05) is 23.6 Å². The van der Waals surface area contributed by atoms with Gasteiger partial charge in [-0.15, -0.1) is 11.8 Å². The molecule has 0 saturated heterocycles. The van der Waals surface area contributed by atoms with Crippen LogP contribution in [0.2, 0.25) is 0 Å². The van der Waals surface area contributed by atoms with E-state index in [0.717, 1.165) is 22.1 Å². The molecule has 0 aliphatic rings. The second-order valence-electron chi connectivity index (χ2n) is 4.38. The smallest absolute Gasteiger partial charge is 0.380 e. The van der Waals surface area contributed by atoms with Crippen molar-refractivity contribution in [1.29, 1.82) is 0 Å². The van der Waals surface area contributed by atoms with Gasteiger partial charge in [0.2, 0.25) is 0 Å². The molecule has 0 aliphatic carbocycles. The zero-order chi connectivity index (χ0) is 14.9. The van der Waals surface area contributed by atoms with E-state index in [1.807, 2.05) is 6.26 Å². The molecule has 0 atom stereocenters. The van der Waals surface area contributed by atoms with Crippen molar-refractivity contribution in [2.45, 2.75) is 24.6 Å². The Morgan fingerprint density at radius 3 is 2.55 bits per heavy atom. The minimum atomic E-state index is -4.41. The lowest BCUT2D eigenvalue weighted by atomic mass is 10.0. The number of halogens is 3. The highest BCUT2D eigenvalue weighted by molar-refractivity contribution is 7.98. The standard InChI is InChI=1S/C14H14F3NOS/c1-8-9(7-19-2)6-18-13-10(14(15,16)17)4-5-11(20-3)12(8)13/h4-6H,7H2,1-3H3. The normalized spacial score (nSPS) is 12.1. The minimum absolute atomic E-state index is 0.00158. The molecule has 1 aromatic carbocycles. The summed E-state index contributed by atoms with van der Waals surface area (Å²) in [6, 6.07) is 2.59. The Morgan fingerprint density at radius 2 is 2.00 bits per heavy atom. The Kier molecular flexibility index (Phi) is 4.25. The average Bonchev–Trinajstić information content (AvgIpc) is 2.39. The van der Waals surface area contributed by atoms with Gasteiger partial charge in [-0.05, 0) is 36.4 Å². The highest BCUT2D eigenvalue weighted by Crippen LogP contribution is 2.38. The average molecular weight is 301 g/mol. The van der Waals surface area contributed by atoms with Crippen molar-refractivity contribution < 1.29 is 17.9 Å². The van der Waals surface area contributed by atoms with Gasteiger partial charge < -0.3 is 4.74 Å². The van der Waals surface area contributed by atoms with Gasteiger partial charge in [0.1, 0.15) is 0 Å². The lowest BCUT2D eigenvalue weighted by molar-refractivity contribution is -0.136. The molecule has 0 bridgehead atoms.